The number of hydrogen-bond acceptors (Lipinski definition) is 6. The standard InChI is InChI=1S/C15H18ClNO5/c1-9-7-13(15(19)21-9)22-14(18)5-6-17-11-8-10(16)3-4-12(11)20-2/h3-4,8-9,13,17H,5-7H2,1-2H3/t9-,13-/m1/s1. The van der Waals surface area contributed by atoms with E-state index in [0.717, 1.165) is 0 Å². The van der Waals surface area contributed by atoms with Crippen LogP contribution in [0.5, 0.6) is 5.75 Å². The molecule has 120 valence electrons. The van der Waals surface area contributed by atoms with Crippen LogP contribution in [-0.2, 0) is 19.1 Å². The number of hydrogen-bond donors (Lipinski definition) is 1. The van der Waals surface area contributed by atoms with Crippen molar-refractivity contribution >= 4 is 29.2 Å². The van der Waals surface area contributed by atoms with Gasteiger partial charge in [-0.05, 0) is 25.1 Å². The summed E-state index contributed by atoms with van der Waals surface area (Å²) in [5, 5.41) is 3.62. The molecule has 6 nitrogen and oxygen atoms in total. The van der Waals surface area contributed by atoms with E-state index in [1.807, 2.05) is 0 Å². The molecule has 0 amide bonds. The lowest BCUT2D eigenvalue weighted by Crippen LogP contribution is -2.23. The summed E-state index contributed by atoms with van der Waals surface area (Å²) in [6, 6.07) is 5.16. The van der Waals surface area contributed by atoms with E-state index in [4.69, 9.17) is 25.8 Å². The second-order valence-corrected chi connectivity index (χ2v) is 5.42. The van der Waals surface area contributed by atoms with Gasteiger partial charge in [0, 0.05) is 18.0 Å². The third-order valence-corrected chi connectivity index (χ3v) is 3.44. The molecule has 1 aliphatic rings. The van der Waals surface area contributed by atoms with Crippen LogP contribution >= 0.6 is 11.6 Å². The summed E-state index contributed by atoms with van der Waals surface area (Å²) < 4.78 is 15.2. The first-order valence-corrected chi connectivity index (χ1v) is 7.34. The number of methoxy groups -OCH3 is 1. The van der Waals surface area contributed by atoms with Gasteiger partial charge in [0.2, 0.25) is 6.10 Å². The topological polar surface area (TPSA) is 73.9 Å². The zero-order valence-corrected chi connectivity index (χ0v) is 13.2. The molecular weight excluding hydrogens is 310 g/mol. The summed E-state index contributed by atoms with van der Waals surface area (Å²) in [5.41, 5.74) is 0.691. The number of anilines is 1. The Kier molecular flexibility index (Phi) is 5.49. The van der Waals surface area contributed by atoms with Crippen LogP contribution in [0.15, 0.2) is 18.2 Å². The lowest BCUT2D eigenvalue weighted by molar-refractivity contribution is -0.160. The molecule has 1 fully saturated rings. The maximum atomic E-state index is 11.7. The molecule has 7 heteroatoms. The van der Waals surface area contributed by atoms with Crippen LogP contribution in [0.3, 0.4) is 0 Å². The number of carbonyl (C=O) groups excluding carboxylic acids is 2. The fourth-order valence-corrected chi connectivity index (χ4v) is 2.32. The van der Waals surface area contributed by atoms with Gasteiger partial charge in [-0.1, -0.05) is 11.6 Å². The Balaban J connectivity index is 1.80. The van der Waals surface area contributed by atoms with Gasteiger partial charge in [0.25, 0.3) is 0 Å². The lowest BCUT2D eigenvalue weighted by atomic mass is 10.2. The maximum absolute atomic E-state index is 11.7. The normalized spacial score (nSPS) is 20.4. The van der Waals surface area contributed by atoms with Gasteiger partial charge in [-0.2, -0.15) is 0 Å². The molecule has 1 saturated heterocycles. The molecule has 2 rings (SSSR count). The Morgan fingerprint density at radius 3 is 2.91 bits per heavy atom. The van der Waals surface area contributed by atoms with Crippen LogP contribution in [0.1, 0.15) is 19.8 Å². The van der Waals surface area contributed by atoms with Crippen molar-refractivity contribution in [3.63, 3.8) is 0 Å². The minimum Gasteiger partial charge on any atom is -0.495 e. The molecule has 1 aliphatic heterocycles. The summed E-state index contributed by atoms with van der Waals surface area (Å²) in [7, 11) is 1.55. The predicted molar refractivity (Wildman–Crippen MR) is 81.2 cm³/mol. The molecule has 1 heterocycles. The van der Waals surface area contributed by atoms with Crippen molar-refractivity contribution < 1.29 is 23.8 Å². The van der Waals surface area contributed by atoms with E-state index in [1.54, 1.807) is 32.2 Å². The van der Waals surface area contributed by atoms with Crippen molar-refractivity contribution in [1.82, 2.24) is 0 Å². The van der Waals surface area contributed by atoms with E-state index in [1.165, 1.54) is 0 Å². The molecular formula is C15H18ClNO5. The highest BCUT2D eigenvalue weighted by atomic mass is 35.5. The Hall–Kier alpha value is -1.95. The van der Waals surface area contributed by atoms with E-state index < -0.39 is 18.0 Å². The van der Waals surface area contributed by atoms with Crippen molar-refractivity contribution in [1.29, 1.82) is 0 Å². The molecule has 0 saturated carbocycles. The number of nitrogens with one attached hydrogen (secondary N) is 1. The Labute approximate surface area is 133 Å². The summed E-state index contributed by atoms with van der Waals surface area (Å²) in [6.07, 6.45) is -0.476. The molecule has 0 aliphatic carbocycles. The summed E-state index contributed by atoms with van der Waals surface area (Å²) in [6.45, 7) is 2.10. The van der Waals surface area contributed by atoms with Crippen LogP contribution in [0, 0.1) is 0 Å². The summed E-state index contributed by atoms with van der Waals surface area (Å²) in [5.74, 6) is -0.305. The van der Waals surface area contributed by atoms with Gasteiger partial charge in [0.1, 0.15) is 11.9 Å². The second kappa shape index (κ2) is 7.35. The first-order chi connectivity index (χ1) is 10.5. The summed E-state index contributed by atoms with van der Waals surface area (Å²) >= 11 is 5.92. The van der Waals surface area contributed by atoms with Crippen molar-refractivity contribution in [2.75, 3.05) is 19.0 Å². The molecule has 1 aromatic rings. The zero-order chi connectivity index (χ0) is 16.1. The Morgan fingerprint density at radius 1 is 1.50 bits per heavy atom. The number of halogens is 1. The zero-order valence-electron chi connectivity index (χ0n) is 12.4. The SMILES string of the molecule is COc1ccc(Cl)cc1NCCC(=O)O[C@@H]1C[C@@H](C)OC1=O. The van der Waals surface area contributed by atoms with E-state index in [-0.39, 0.29) is 12.5 Å². The lowest BCUT2D eigenvalue weighted by Gasteiger charge is -2.12. The van der Waals surface area contributed by atoms with Gasteiger partial charge in [0.15, 0.2) is 0 Å². The minimum atomic E-state index is -0.789. The number of cyclic esters (lactones) is 1. The average Bonchev–Trinajstić information content (AvgIpc) is 2.77. The molecule has 0 radical (unpaired) electrons. The van der Waals surface area contributed by atoms with Crippen LogP contribution in [0.4, 0.5) is 5.69 Å². The smallest absolute Gasteiger partial charge is 0.347 e. The van der Waals surface area contributed by atoms with Gasteiger partial charge in [-0.25, -0.2) is 4.79 Å². The van der Waals surface area contributed by atoms with Crippen molar-refractivity contribution in [2.24, 2.45) is 0 Å². The Bertz CT molecular complexity index is 563. The molecule has 0 bridgehead atoms. The van der Waals surface area contributed by atoms with E-state index in [9.17, 15) is 9.59 Å². The van der Waals surface area contributed by atoms with Crippen LogP contribution in [0.2, 0.25) is 5.02 Å². The first kappa shape index (κ1) is 16.4. The highest BCUT2D eigenvalue weighted by Gasteiger charge is 2.34. The third-order valence-electron chi connectivity index (χ3n) is 3.21. The van der Waals surface area contributed by atoms with E-state index in [2.05, 4.69) is 5.32 Å². The second-order valence-electron chi connectivity index (χ2n) is 4.98. The molecule has 0 aromatic heterocycles. The number of carbonyl (C=O) groups is 2. The van der Waals surface area contributed by atoms with E-state index in [0.29, 0.717) is 29.4 Å². The van der Waals surface area contributed by atoms with Crippen molar-refractivity contribution in [3.05, 3.63) is 23.2 Å². The highest BCUT2D eigenvalue weighted by Crippen LogP contribution is 2.27. The molecule has 0 unspecified atom stereocenters. The number of benzene rings is 1. The van der Waals surface area contributed by atoms with Crippen molar-refractivity contribution in [2.45, 2.75) is 32.0 Å². The molecule has 1 N–H and O–H groups in total. The fraction of sp³-hybridized carbons (Fsp3) is 0.467. The van der Waals surface area contributed by atoms with Crippen molar-refractivity contribution in [3.8, 4) is 5.75 Å². The number of rotatable bonds is 6. The van der Waals surface area contributed by atoms with Gasteiger partial charge in [0.05, 0.1) is 19.2 Å². The molecule has 0 spiro atoms. The van der Waals surface area contributed by atoms with Crippen LogP contribution in [-0.4, -0.2) is 37.8 Å². The number of esters is 2. The Morgan fingerprint density at radius 2 is 2.27 bits per heavy atom. The fourth-order valence-electron chi connectivity index (χ4n) is 2.15. The van der Waals surface area contributed by atoms with Crippen LogP contribution < -0.4 is 10.1 Å². The summed E-state index contributed by atoms with van der Waals surface area (Å²) in [4.78, 5) is 23.1. The number of ether oxygens (including phenoxy) is 3. The molecule has 1 aromatic carbocycles. The molecule has 2 atom stereocenters. The average molecular weight is 328 g/mol. The van der Waals surface area contributed by atoms with Crippen LogP contribution in [0.25, 0.3) is 0 Å². The monoisotopic (exact) mass is 327 g/mol. The van der Waals surface area contributed by atoms with Gasteiger partial charge < -0.3 is 19.5 Å². The van der Waals surface area contributed by atoms with E-state index >= 15 is 0 Å². The van der Waals surface area contributed by atoms with Gasteiger partial charge in [-0.15, -0.1) is 0 Å². The largest absolute Gasteiger partial charge is 0.495 e. The maximum Gasteiger partial charge on any atom is 0.347 e. The van der Waals surface area contributed by atoms with Gasteiger partial charge in [-0.3, -0.25) is 4.79 Å². The highest BCUT2D eigenvalue weighted by molar-refractivity contribution is 6.30. The quantitative estimate of drug-likeness (QED) is 0.809. The molecule has 22 heavy (non-hydrogen) atoms. The third kappa shape index (κ3) is 4.27. The van der Waals surface area contributed by atoms with Gasteiger partial charge >= 0.3 is 11.9 Å². The minimum absolute atomic E-state index is 0.119. The predicted octanol–water partition coefficient (Wildman–Crippen LogP) is 2.40. The first-order valence-electron chi connectivity index (χ1n) is 6.97.